The molecule has 2 aromatic heterocycles. The van der Waals surface area contributed by atoms with Crippen LogP contribution in [0.4, 0.5) is 5.69 Å². The van der Waals surface area contributed by atoms with E-state index < -0.39 is 0 Å². The zero-order valence-corrected chi connectivity index (χ0v) is 15.6. The summed E-state index contributed by atoms with van der Waals surface area (Å²) in [6.07, 6.45) is 5.90. The second kappa shape index (κ2) is 8.62. The lowest BCUT2D eigenvalue weighted by Crippen LogP contribution is -2.26. The number of halogens is 1. The van der Waals surface area contributed by atoms with Crippen molar-refractivity contribution in [1.82, 2.24) is 14.8 Å². The molecule has 0 aliphatic carbocycles. The van der Waals surface area contributed by atoms with E-state index in [0.717, 1.165) is 11.4 Å². The van der Waals surface area contributed by atoms with Crippen LogP contribution in [0.1, 0.15) is 33.6 Å². The molecule has 0 fully saturated rings. The molecule has 0 unspecified atom stereocenters. The van der Waals surface area contributed by atoms with Gasteiger partial charge in [0, 0.05) is 19.7 Å². The maximum Gasteiger partial charge on any atom is 0.227 e. The van der Waals surface area contributed by atoms with Crippen LogP contribution in [0.5, 0.6) is 0 Å². The summed E-state index contributed by atoms with van der Waals surface area (Å²) in [5, 5.41) is 8.48. The highest BCUT2D eigenvalue weighted by Gasteiger charge is 2.18. The summed E-state index contributed by atoms with van der Waals surface area (Å²) in [6.45, 7) is 5.64. The van der Waals surface area contributed by atoms with Gasteiger partial charge in [0.15, 0.2) is 5.15 Å². The van der Waals surface area contributed by atoms with Gasteiger partial charge in [-0.05, 0) is 39.3 Å². The predicted molar refractivity (Wildman–Crippen MR) is 98.3 cm³/mol. The third kappa shape index (κ3) is 5.29. The first-order chi connectivity index (χ1) is 11.9. The fourth-order valence-electron chi connectivity index (χ4n) is 2.02. The van der Waals surface area contributed by atoms with Crippen LogP contribution < -0.4 is 4.90 Å². The van der Waals surface area contributed by atoms with E-state index in [4.69, 9.17) is 16.4 Å². The van der Waals surface area contributed by atoms with Crippen molar-refractivity contribution >= 4 is 28.9 Å². The Morgan fingerprint density at radius 2 is 2.20 bits per heavy atom. The van der Waals surface area contributed by atoms with Crippen LogP contribution >= 0.6 is 11.6 Å². The number of carbonyl (C=O) groups is 1. The normalized spacial score (nSPS) is 11.7. The van der Waals surface area contributed by atoms with Crippen LogP contribution in [-0.4, -0.2) is 39.5 Å². The smallest absolute Gasteiger partial charge is 0.227 e. The van der Waals surface area contributed by atoms with Gasteiger partial charge in [-0.25, -0.2) is 4.68 Å². The van der Waals surface area contributed by atoms with Gasteiger partial charge in [0.05, 0.1) is 23.8 Å². The summed E-state index contributed by atoms with van der Waals surface area (Å²) in [6, 6.07) is 3.66. The van der Waals surface area contributed by atoms with Crippen LogP contribution in [0.25, 0.3) is 5.69 Å². The SMILES string of the molecule is C/C(CCC(=O)N(C)c1cn(-c2cccnc2)nc1Cl)=N/OC(C)C. The third-order valence-corrected chi connectivity index (χ3v) is 3.69. The quantitative estimate of drug-likeness (QED) is 0.557. The van der Waals surface area contributed by atoms with Crippen molar-refractivity contribution in [3.63, 3.8) is 0 Å². The van der Waals surface area contributed by atoms with E-state index in [1.54, 1.807) is 36.4 Å². The van der Waals surface area contributed by atoms with Gasteiger partial charge in [-0.15, -0.1) is 0 Å². The molecule has 2 aromatic rings. The molecule has 0 N–H and O–H groups in total. The summed E-state index contributed by atoms with van der Waals surface area (Å²) < 4.78 is 1.59. The Kier molecular flexibility index (Phi) is 6.52. The molecule has 0 aromatic carbocycles. The van der Waals surface area contributed by atoms with Gasteiger partial charge < -0.3 is 9.74 Å². The van der Waals surface area contributed by atoms with Crippen molar-refractivity contribution in [2.45, 2.75) is 39.7 Å². The second-order valence-electron chi connectivity index (χ2n) is 5.89. The minimum absolute atomic E-state index is 0.0189. The second-order valence-corrected chi connectivity index (χ2v) is 6.25. The summed E-state index contributed by atoms with van der Waals surface area (Å²) in [7, 11) is 1.68. The molecule has 134 valence electrons. The van der Waals surface area contributed by atoms with Gasteiger partial charge in [0.25, 0.3) is 0 Å². The Morgan fingerprint density at radius 3 is 2.84 bits per heavy atom. The van der Waals surface area contributed by atoms with Crippen molar-refractivity contribution < 1.29 is 9.63 Å². The monoisotopic (exact) mass is 363 g/mol. The van der Waals surface area contributed by atoms with Gasteiger partial charge in [0.1, 0.15) is 11.8 Å². The molecular formula is C17H22ClN5O2. The number of oxime groups is 1. The minimum Gasteiger partial charge on any atom is -0.393 e. The number of pyridine rings is 1. The van der Waals surface area contributed by atoms with Crippen LogP contribution in [0.2, 0.25) is 5.15 Å². The van der Waals surface area contributed by atoms with Crippen molar-refractivity contribution in [3.8, 4) is 5.69 Å². The van der Waals surface area contributed by atoms with E-state index in [0.29, 0.717) is 18.5 Å². The zero-order valence-electron chi connectivity index (χ0n) is 14.8. The number of hydrogen-bond donors (Lipinski definition) is 0. The molecule has 7 nitrogen and oxygen atoms in total. The molecule has 25 heavy (non-hydrogen) atoms. The number of hydrogen-bond acceptors (Lipinski definition) is 5. The third-order valence-electron chi connectivity index (χ3n) is 3.42. The fraction of sp³-hybridized carbons (Fsp3) is 0.412. The standard InChI is InChI=1S/C17H22ClN5O2/c1-12(2)25-21-13(3)7-8-16(24)22(4)15-11-23(20-17(15)18)14-6-5-9-19-10-14/h5-6,9-12H,7-8H2,1-4H3/b21-13-. The molecular weight excluding hydrogens is 342 g/mol. The van der Waals surface area contributed by atoms with E-state index in [9.17, 15) is 4.79 Å². The largest absolute Gasteiger partial charge is 0.393 e. The Bertz CT molecular complexity index is 743. The lowest BCUT2D eigenvalue weighted by molar-refractivity contribution is -0.118. The first kappa shape index (κ1) is 18.9. The van der Waals surface area contributed by atoms with E-state index in [-0.39, 0.29) is 17.2 Å². The van der Waals surface area contributed by atoms with Crippen LogP contribution in [0.15, 0.2) is 35.9 Å². The number of nitrogens with zero attached hydrogens (tertiary/aromatic N) is 5. The minimum atomic E-state index is -0.0771. The molecule has 0 spiro atoms. The zero-order chi connectivity index (χ0) is 18.4. The van der Waals surface area contributed by atoms with Gasteiger partial charge in [-0.1, -0.05) is 16.8 Å². The average molecular weight is 364 g/mol. The van der Waals surface area contributed by atoms with E-state index in [2.05, 4.69) is 15.2 Å². The molecule has 0 saturated carbocycles. The number of carbonyl (C=O) groups excluding carboxylic acids is 1. The molecule has 0 bridgehead atoms. The molecule has 2 heterocycles. The predicted octanol–water partition coefficient (Wildman–Crippen LogP) is 3.46. The van der Waals surface area contributed by atoms with Gasteiger partial charge >= 0.3 is 0 Å². The van der Waals surface area contributed by atoms with E-state index in [1.165, 1.54) is 4.90 Å². The topological polar surface area (TPSA) is 72.6 Å². The van der Waals surface area contributed by atoms with Crippen molar-refractivity contribution in [3.05, 3.63) is 35.9 Å². The first-order valence-electron chi connectivity index (χ1n) is 8.00. The lowest BCUT2D eigenvalue weighted by Gasteiger charge is -2.15. The van der Waals surface area contributed by atoms with Crippen molar-refractivity contribution in [2.75, 3.05) is 11.9 Å². The van der Waals surface area contributed by atoms with Crippen LogP contribution in [0, 0.1) is 0 Å². The highest BCUT2D eigenvalue weighted by Crippen LogP contribution is 2.25. The molecule has 0 atom stereocenters. The number of aromatic nitrogens is 3. The fourth-order valence-corrected chi connectivity index (χ4v) is 2.28. The van der Waals surface area contributed by atoms with Crippen molar-refractivity contribution in [1.29, 1.82) is 0 Å². The number of rotatable bonds is 7. The highest BCUT2D eigenvalue weighted by molar-refractivity contribution is 6.32. The summed E-state index contributed by atoms with van der Waals surface area (Å²) in [4.78, 5) is 23.1. The van der Waals surface area contributed by atoms with Crippen molar-refractivity contribution in [2.24, 2.45) is 5.16 Å². The summed E-state index contributed by atoms with van der Waals surface area (Å²) in [5.74, 6) is -0.0771. The molecule has 0 saturated heterocycles. The molecule has 0 aliphatic rings. The lowest BCUT2D eigenvalue weighted by atomic mass is 10.2. The van der Waals surface area contributed by atoms with Gasteiger partial charge in [-0.3, -0.25) is 9.78 Å². The van der Waals surface area contributed by atoms with Gasteiger partial charge in [0.2, 0.25) is 5.91 Å². The average Bonchev–Trinajstić information content (AvgIpc) is 2.99. The Balaban J connectivity index is 2.02. The van der Waals surface area contributed by atoms with Crippen LogP contribution in [0.3, 0.4) is 0 Å². The highest BCUT2D eigenvalue weighted by atomic mass is 35.5. The van der Waals surface area contributed by atoms with E-state index >= 15 is 0 Å². The maximum absolute atomic E-state index is 12.4. The molecule has 0 radical (unpaired) electrons. The first-order valence-corrected chi connectivity index (χ1v) is 8.37. The molecule has 1 amide bonds. The number of amides is 1. The maximum atomic E-state index is 12.4. The van der Waals surface area contributed by atoms with Gasteiger partial charge in [-0.2, -0.15) is 5.10 Å². The molecule has 2 rings (SSSR count). The summed E-state index contributed by atoms with van der Waals surface area (Å²) in [5.41, 5.74) is 2.08. The Hall–Kier alpha value is -2.41. The molecule has 8 heteroatoms. The molecule has 0 aliphatic heterocycles. The number of anilines is 1. The Morgan fingerprint density at radius 1 is 1.44 bits per heavy atom. The summed E-state index contributed by atoms with van der Waals surface area (Å²) >= 11 is 6.19. The van der Waals surface area contributed by atoms with E-state index in [1.807, 2.05) is 26.8 Å². The Labute approximate surface area is 152 Å². The van der Waals surface area contributed by atoms with Crippen LogP contribution in [-0.2, 0) is 9.63 Å².